The Labute approximate surface area is 155 Å². The first-order valence-electron chi connectivity index (χ1n) is 9.36. The number of nitrogens with zero attached hydrogens (tertiary/aromatic N) is 1. The van der Waals surface area contributed by atoms with Crippen LogP contribution in [0.2, 0.25) is 0 Å². The number of hydrogen-bond acceptors (Lipinski definition) is 3. The highest BCUT2D eigenvalue weighted by Crippen LogP contribution is 2.43. The Morgan fingerprint density at radius 1 is 1.15 bits per heavy atom. The molecule has 2 heterocycles. The van der Waals surface area contributed by atoms with Gasteiger partial charge in [0.05, 0.1) is 19.6 Å². The second kappa shape index (κ2) is 7.12. The average Bonchev–Trinajstić information content (AvgIpc) is 3.24. The van der Waals surface area contributed by atoms with Gasteiger partial charge in [0.15, 0.2) is 0 Å². The predicted molar refractivity (Wildman–Crippen MR) is 102 cm³/mol. The number of benzene rings is 2. The summed E-state index contributed by atoms with van der Waals surface area (Å²) in [6.07, 6.45) is 0.444. The van der Waals surface area contributed by atoms with E-state index in [-0.39, 0.29) is 11.9 Å². The molecule has 0 bridgehead atoms. The van der Waals surface area contributed by atoms with Crippen molar-refractivity contribution in [3.63, 3.8) is 0 Å². The van der Waals surface area contributed by atoms with Gasteiger partial charge >= 0.3 is 0 Å². The molecular formula is C22H26N2O2. The summed E-state index contributed by atoms with van der Waals surface area (Å²) in [6.45, 7) is 5.01. The van der Waals surface area contributed by atoms with E-state index in [1.54, 1.807) is 7.11 Å². The molecule has 2 fully saturated rings. The lowest BCUT2D eigenvalue weighted by Gasteiger charge is -2.29. The fraction of sp³-hybridized carbons (Fsp3) is 0.409. The van der Waals surface area contributed by atoms with Crippen LogP contribution in [0.3, 0.4) is 0 Å². The standard InChI is InChI=1S/C22H26N2O2/c1-15-5-3-4-6-19(15)22-20-13-23-12-17(20)14-24(22)21(25)11-16-7-9-18(26-2)10-8-16/h3-10,17,20,22-23H,11-14H2,1-2H3/t17-,20-,22+/m0/s1. The highest BCUT2D eigenvalue weighted by molar-refractivity contribution is 5.80. The van der Waals surface area contributed by atoms with Gasteiger partial charge < -0.3 is 15.0 Å². The van der Waals surface area contributed by atoms with E-state index in [1.165, 1.54) is 11.1 Å². The first kappa shape index (κ1) is 17.1. The third-order valence-electron chi connectivity index (χ3n) is 5.91. The van der Waals surface area contributed by atoms with Gasteiger partial charge in [-0.3, -0.25) is 4.79 Å². The molecule has 4 heteroatoms. The Morgan fingerprint density at radius 3 is 2.65 bits per heavy atom. The summed E-state index contributed by atoms with van der Waals surface area (Å²) in [5.74, 6) is 2.11. The van der Waals surface area contributed by atoms with Gasteiger partial charge in [-0.2, -0.15) is 0 Å². The summed E-state index contributed by atoms with van der Waals surface area (Å²) < 4.78 is 5.21. The van der Waals surface area contributed by atoms with Gasteiger partial charge in [0.1, 0.15) is 5.75 Å². The molecule has 0 spiro atoms. The molecule has 1 N–H and O–H groups in total. The number of likely N-dealkylation sites (tertiary alicyclic amines) is 1. The zero-order valence-corrected chi connectivity index (χ0v) is 15.4. The monoisotopic (exact) mass is 350 g/mol. The van der Waals surface area contributed by atoms with Crippen LogP contribution in [-0.2, 0) is 11.2 Å². The number of carbonyl (C=O) groups excluding carboxylic acids is 1. The molecule has 0 saturated carbocycles. The van der Waals surface area contributed by atoms with Crippen molar-refractivity contribution in [2.24, 2.45) is 11.8 Å². The molecule has 2 aromatic carbocycles. The molecule has 0 aliphatic carbocycles. The van der Waals surface area contributed by atoms with Crippen molar-refractivity contribution in [2.45, 2.75) is 19.4 Å². The molecule has 2 aromatic rings. The fourth-order valence-corrected chi connectivity index (χ4v) is 4.51. The molecule has 0 unspecified atom stereocenters. The number of hydrogen-bond donors (Lipinski definition) is 1. The molecule has 2 aliphatic heterocycles. The lowest BCUT2D eigenvalue weighted by Crippen LogP contribution is -2.36. The molecule has 4 rings (SSSR count). The van der Waals surface area contributed by atoms with Gasteiger partial charge in [-0.05, 0) is 41.7 Å². The number of amides is 1. The van der Waals surface area contributed by atoms with Gasteiger partial charge in [-0.1, -0.05) is 36.4 Å². The van der Waals surface area contributed by atoms with Crippen LogP contribution in [0.25, 0.3) is 0 Å². The molecule has 2 saturated heterocycles. The van der Waals surface area contributed by atoms with Crippen molar-refractivity contribution in [3.05, 3.63) is 65.2 Å². The lowest BCUT2D eigenvalue weighted by molar-refractivity contribution is -0.131. The van der Waals surface area contributed by atoms with Crippen LogP contribution in [0, 0.1) is 18.8 Å². The molecule has 3 atom stereocenters. The smallest absolute Gasteiger partial charge is 0.227 e. The second-order valence-electron chi connectivity index (χ2n) is 7.45. The third kappa shape index (κ3) is 3.10. The number of carbonyl (C=O) groups is 1. The predicted octanol–water partition coefficient (Wildman–Crippen LogP) is 2.97. The Bertz CT molecular complexity index is 787. The lowest BCUT2D eigenvalue weighted by atomic mass is 9.87. The van der Waals surface area contributed by atoms with Gasteiger partial charge in [-0.25, -0.2) is 0 Å². The summed E-state index contributed by atoms with van der Waals surface area (Å²) in [5, 5.41) is 3.51. The van der Waals surface area contributed by atoms with Gasteiger partial charge in [0, 0.05) is 25.6 Å². The summed E-state index contributed by atoms with van der Waals surface area (Å²) in [4.78, 5) is 15.3. The minimum atomic E-state index is 0.182. The molecule has 0 aromatic heterocycles. The number of nitrogens with one attached hydrogen (secondary N) is 1. The van der Waals surface area contributed by atoms with Crippen molar-refractivity contribution in [2.75, 3.05) is 26.7 Å². The minimum absolute atomic E-state index is 0.182. The zero-order valence-electron chi connectivity index (χ0n) is 15.4. The highest BCUT2D eigenvalue weighted by Gasteiger charge is 2.46. The van der Waals surface area contributed by atoms with Crippen LogP contribution in [0.1, 0.15) is 22.7 Å². The fourth-order valence-electron chi connectivity index (χ4n) is 4.51. The summed E-state index contributed by atoms with van der Waals surface area (Å²) in [5.41, 5.74) is 3.61. The van der Waals surface area contributed by atoms with E-state index in [4.69, 9.17) is 4.74 Å². The van der Waals surface area contributed by atoms with Crippen LogP contribution in [0.4, 0.5) is 0 Å². The van der Waals surface area contributed by atoms with E-state index >= 15 is 0 Å². The van der Waals surface area contributed by atoms with Crippen molar-refractivity contribution >= 4 is 5.91 Å². The summed E-state index contributed by atoms with van der Waals surface area (Å²) in [7, 11) is 1.66. The van der Waals surface area contributed by atoms with E-state index in [2.05, 4.69) is 41.4 Å². The Kier molecular flexibility index (Phi) is 4.68. The number of aryl methyl sites for hydroxylation is 1. The van der Waals surface area contributed by atoms with E-state index < -0.39 is 0 Å². The van der Waals surface area contributed by atoms with Crippen molar-refractivity contribution < 1.29 is 9.53 Å². The van der Waals surface area contributed by atoms with Gasteiger partial charge in [-0.15, -0.1) is 0 Å². The minimum Gasteiger partial charge on any atom is -0.497 e. The van der Waals surface area contributed by atoms with Crippen LogP contribution in [-0.4, -0.2) is 37.6 Å². The normalized spacial score (nSPS) is 24.5. The van der Waals surface area contributed by atoms with Crippen LogP contribution in [0.15, 0.2) is 48.5 Å². The van der Waals surface area contributed by atoms with Crippen LogP contribution < -0.4 is 10.1 Å². The maximum atomic E-state index is 13.2. The van der Waals surface area contributed by atoms with E-state index in [9.17, 15) is 4.79 Å². The summed E-state index contributed by atoms with van der Waals surface area (Å²) >= 11 is 0. The number of fused-ring (bicyclic) bond motifs is 1. The molecule has 2 aliphatic rings. The van der Waals surface area contributed by atoms with Gasteiger partial charge in [0.25, 0.3) is 0 Å². The maximum Gasteiger partial charge on any atom is 0.227 e. The number of ether oxygens (including phenoxy) is 1. The summed E-state index contributed by atoms with van der Waals surface area (Å²) in [6, 6.07) is 16.5. The second-order valence-corrected chi connectivity index (χ2v) is 7.45. The Morgan fingerprint density at radius 2 is 1.92 bits per heavy atom. The molecule has 0 radical (unpaired) electrons. The first-order valence-corrected chi connectivity index (χ1v) is 9.36. The topological polar surface area (TPSA) is 41.6 Å². The molecule has 1 amide bonds. The van der Waals surface area contributed by atoms with Crippen LogP contribution in [0.5, 0.6) is 5.75 Å². The van der Waals surface area contributed by atoms with E-state index in [1.807, 2.05) is 24.3 Å². The number of rotatable bonds is 4. The van der Waals surface area contributed by atoms with Crippen molar-refractivity contribution in [1.82, 2.24) is 10.2 Å². The van der Waals surface area contributed by atoms with Gasteiger partial charge in [0.2, 0.25) is 5.91 Å². The van der Waals surface area contributed by atoms with E-state index in [0.29, 0.717) is 18.3 Å². The zero-order chi connectivity index (χ0) is 18.1. The SMILES string of the molecule is COc1ccc(CC(=O)N2C[C@@H]3CNC[C@@H]3[C@H]2c2ccccc2C)cc1. The quantitative estimate of drug-likeness (QED) is 0.922. The largest absolute Gasteiger partial charge is 0.497 e. The average molecular weight is 350 g/mol. The molecule has 26 heavy (non-hydrogen) atoms. The van der Waals surface area contributed by atoms with Crippen molar-refractivity contribution in [3.8, 4) is 5.75 Å². The maximum absolute atomic E-state index is 13.2. The Hall–Kier alpha value is -2.33. The first-order chi connectivity index (χ1) is 12.7. The molecule has 136 valence electrons. The molecular weight excluding hydrogens is 324 g/mol. The van der Waals surface area contributed by atoms with Crippen LogP contribution >= 0.6 is 0 Å². The Balaban J connectivity index is 1.58. The van der Waals surface area contributed by atoms with E-state index in [0.717, 1.165) is 30.9 Å². The van der Waals surface area contributed by atoms with Crippen molar-refractivity contribution in [1.29, 1.82) is 0 Å². The third-order valence-corrected chi connectivity index (χ3v) is 5.91. The highest BCUT2D eigenvalue weighted by atomic mass is 16.5. The number of methoxy groups -OCH3 is 1. The molecule has 4 nitrogen and oxygen atoms in total.